The summed E-state index contributed by atoms with van der Waals surface area (Å²) < 4.78 is 9.68. The lowest BCUT2D eigenvalue weighted by Gasteiger charge is -2.15. The summed E-state index contributed by atoms with van der Waals surface area (Å²) in [5.74, 6) is 0.870. The molecule has 0 N–H and O–H groups in total. The standard InChI is InChI=1S/C12H14ClN3OS/c1-16(8-11-12(13)18-15-14-11)7-9-4-3-5-10(6-9)17-2/h3-6H,7-8H2,1-2H3. The molecular formula is C12H14ClN3OS. The molecule has 0 bridgehead atoms. The number of hydrogen-bond donors (Lipinski definition) is 0. The summed E-state index contributed by atoms with van der Waals surface area (Å²) in [7, 11) is 3.69. The molecule has 0 amide bonds. The molecule has 0 aliphatic rings. The van der Waals surface area contributed by atoms with Crippen LogP contribution < -0.4 is 4.74 Å². The fourth-order valence-electron chi connectivity index (χ4n) is 1.69. The molecule has 1 aromatic carbocycles. The predicted octanol–water partition coefficient (Wildman–Crippen LogP) is 2.83. The highest BCUT2D eigenvalue weighted by molar-refractivity contribution is 7.10. The van der Waals surface area contributed by atoms with E-state index in [0.717, 1.165) is 18.0 Å². The van der Waals surface area contributed by atoms with Gasteiger partial charge >= 0.3 is 0 Å². The summed E-state index contributed by atoms with van der Waals surface area (Å²) in [4.78, 5) is 2.14. The first kappa shape index (κ1) is 13.3. The minimum absolute atomic E-state index is 0.660. The van der Waals surface area contributed by atoms with Crippen LogP contribution in [0.25, 0.3) is 0 Å². The van der Waals surface area contributed by atoms with Gasteiger partial charge in [0.25, 0.3) is 0 Å². The van der Waals surface area contributed by atoms with Crippen molar-refractivity contribution in [3.8, 4) is 5.75 Å². The molecule has 0 spiro atoms. The number of benzene rings is 1. The third kappa shape index (κ3) is 3.41. The maximum absolute atomic E-state index is 5.98. The normalized spacial score (nSPS) is 10.9. The van der Waals surface area contributed by atoms with Gasteiger partial charge in [0.15, 0.2) is 0 Å². The SMILES string of the molecule is COc1cccc(CN(C)Cc2nnsc2Cl)c1. The highest BCUT2D eigenvalue weighted by Gasteiger charge is 2.09. The van der Waals surface area contributed by atoms with Crippen LogP contribution in [0.5, 0.6) is 5.75 Å². The van der Waals surface area contributed by atoms with Gasteiger partial charge in [0, 0.05) is 24.6 Å². The Kier molecular flexibility index (Phi) is 4.52. The van der Waals surface area contributed by atoms with Crippen LogP contribution in [-0.2, 0) is 13.1 Å². The molecular weight excluding hydrogens is 270 g/mol. The number of nitrogens with zero attached hydrogens (tertiary/aromatic N) is 3. The van der Waals surface area contributed by atoms with Crippen LogP contribution in [0.3, 0.4) is 0 Å². The van der Waals surface area contributed by atoms with Crippen molar-refractivity contribution in [3.63, 3.8) is 0 Å². The Morgan fingerprint density at radius 1 is 1.39 bits per heavy atom. The third-order valence-corrected chi connectivity index (χ3v) is 3.50. The molecule has 18 heavy (non-hydrogen) atoms. The van der Waals surface area contributed by atoms with Crippen molar-refractivity contribution in [1.29, 1.82) is 0 Å². The zero-order valence-corrected chi connectivity index (χ0v) is 11.8. The number of methoxy groups -OCH3 is 1. The summed E-state index contributed by atoms with van der Waals surface area (Å²) in [5, 5.41) is 4.00. The second-order valence-electron chi connectivity index (χ2n) is 4.02. The smallest absolute Gasteiger partial charge is 0.138 e. The van der Waals surface area contributed by atoms with E-state index >= 15 is 0 Å². The van der Waals surface area contributed by atoms with Crippen molar-refractivity contribution in [2.24, 2.45) is 0 Å². The molecule has 1 aromatic heterocycles. The van der Waals surface area contributed by atoms with E-state index in [2.05, 4.69) is 20.6 Å². The van der Waals surface area contributed by atoms with Crippen LogP contribution in [-0.4, -0.2) is 28.6 Å². The largest absolute Gasteiger partial charge is 0.497 e. The first-order valence-electron chi connectivity index (χ1n) is 5.47. The van der Waals surface area contributed by atoms with E-state index in [1.807, 2.05) is 25.2 Å². The molecule has 0 saturated carbocycles. The summed E-state index contributed by atoms with van der Waals surface area (Å²) in [6.45, 7) is 1.50. The maximum atomic E-state index is 5.98. The molecule has 0 radical (unpaired) electrons. The van der Waals surface area contributed by atoms with Crippen molar-refractivity contribution in [2.45, 2.75) is 13.1 Å². The molecule has 0 unspecified atom stereocenters. The number of hydrogen-bond acceptors (Lipinski definition) is 5. The molecule has 2 aromatic rings. The Balaban J connectivity index is 1.98. The van der Waals surface area contributed by atoms with Gasteiger partial charge in [0.2, 0.25) is 0 Å². The Hall–Kier alpha value is -1.17. The molecule has 6 heteroatoms. The minimum Gasteiger partial charge on any atom is -0.497 e. The Morgan fingerprint density at radius 3 is 2.89 bits per heavy atom. The van der Waals surface area contributed by atoms with Crippen LogP contribution in [0.2, 0.25) is 4.34 Å². The van der Waals surface area contributed by atoms with Crippen LogP contribution in [0.1, 0.15) is 11.3 Å². The quantitative estimate of drug-likeness (QED) is 0.846. The minimum atomic E-state index is 0.660. The summed E-state index contributed by atoms with van der Waals surface area (Å²) in [6, 6.07) is 8.02. The Labute approximate surface area is 115 Å². The zero-order valence-electron chi connectivity index (χ0n) is 10.3. The first-order valence-corrected chi connectivity index (χ1v) is 6.62. The Morgan fingerprint density at radius 2 is 2.22 bits per heavy atom. The molecule has 0 saturated heterocycles. The van der Waals surface area contributed by atoms with Crippen molar-refractivity contribution in [1.82, 2.24) is 14.5 Å². The topological polar surface area (TPSA) is 38.2 Å². The van der Waals surface area contributed by atoms with Gasteiger partial charge in [-0.3, -0.25) is 4.90 Å². The van der Waals surface area contributed by atoms with Crippen LogP contribution in [0.4, 0.5) is 0 Å². The van der Waals surface area contributed by atoms with E-state index in [9.17, 15) is 0 Å². The highest BCUT2D eigenvalue weighted by atomic mass is 35.5. The average Bonchev–Trinajstić information content (AvgIpc) is 2.75. The lowest BCUT2D eigenvalue weighted by atomic mass is 10.2. The van der Waals surface area contributed by atoms with Crippen LogP contribution >= 0.6 is 23.1 Å². The molecule has 1 heterocycles. The van der Waals surface area contributed by atoms with Crippen LogP contribution in [0.15, 0.2) is 24.3 Å². The van der Waals surface area contributed by atoms with E-state index in [1.165, 1.54) is 17.1 Å². The highest BCUT2D eigenvalue weighted by Crippen LogP contribution is 2.20. The molecule has 0 atom stereocenters. The summed E-state index contributed by atoms with van der Waals surface area (Å²) >= 11 is 7.20. The van der Waals surface area contributed by atoms with Crippen molar-refractivity contribution in [3.05, 3.63) is 39.9 Å². The van der Waals surface area contributed by atoms with Gasteiger partial charge in [-0.1, -0.05) is 28.2 Å². The van der Waals surface area contributed by atoms with E-state index < -0.39 is 0 Å². The van der Waals surface area contributed by atoms with Gasteiger partial charge in [-0.2, -0.15) is 0 Å². The van der Waals surface area contributed by atoms with E-state index in [-0.39, 0.29) is 0 Å². The summed E-state index contributed by atoms with van der Waals surface area (Å²) in [5.41, 5.74) is 2.02. The number of aromatic nitrogens is 2. The van der Waals surface area contributed by atoms with Gasteiger partial charge < -0.3 is 4.74 Å². The Bertz CT molecular complexity index is 518. The monoisotopic (exact) mass is 283 g/mol. The lowest BCUT2D eigenvalue weighted by molar-refractivity contribution is 0.314. The summed E-state index contributed by atoms with van der Waals surface area (Å²) in [6.07, 6.45) is 0. The number of halogens is 1. The zero-order chi connectivity index (χ0) is 13.0. The van der Waals surface area contributed by atoms with E-state index in [4.69, 9.17) is 16.3 Å². The lowest BCUT2D eigenvalue weighted by Crippen LogP contribution is -2.17. The van der Waals surface area contributed by atoms with Crippen molar-refractivity contribution in [2.75, 3.05) is 14.2 Å². The van der Waals surface area contributed by atoms with Crippen molar-refractivity contribution >= 4 is 23.1 Å². The third-order valence-electron chi connectivity index (χ3n) is 2.52. The molecule has 2 rings (SSSR count). The predicted molar refractivity (Wildman–Crippen MR) is 73.1 cm³/mol. The molecule has 96 valence electrons. The van der Waals surface area contributed by atoms with Gasteiger partial charge in [0.1, 0.15) is 15.8 Å². The molecule has 0 aliphatic carbocycles. The second-order valence-corrected chi connectivity index (χ2v) is 5.37. The van der Waals surface area contributed by atoms with Crippen LogP contribution in [0, 0.1) is 0 Å². The van der Waals surface area contributed by atoms with E-state index in [0.29, 0.717) is 10.9 Å². The molecule has 4 nitrogen and oxygen atoms in total. The van der Waals surface area contributed by atoms with Gasteiger partial charge in [0.05, 0.1) is 7.11 Å². The molecule has 0 fully saturated rings. The maximum Gasteiger partial charge on any atom is 0.138 e. The second kappa shape index (κ2) is 6.13. The van der Waals surface area contributed by atoms with Gasteiger partial charge in [-0.25, -0.2) is 0 Å². The first-order chi connectivity index (χ1) is 8.69. The number of ether oxygens (including phenoxy) is 1. The number of rotatable bonds is 5. The van der Waals surface area contributed by atoms with E-state index in [1.54, 1.807) is 7.11 Å². The average molecular weight is 284 g/mol. The van der Waals surface area contributed by atoms with Gasteiger partial charge in [-0.05, 0) is 24.7 Å². The van der Waals surface area contributed by atoms with Crippen molar-refractivity contribution < 1.29 is 4.74 Å². The molecule has 0 aliphatic heterocycles. The fourth-order valence-corrected chi connectivity index (χ4v) is 2.30. The van der Waals surface area contributed by atoms with Gasteiger partial charge in [-0.15, -0.1) is 5.10 Å². The fraction of sp³-hybridized carbons (Fsp3) is 0.333.